The lowest BCUT2D eigenvalue weighted by atomic mass is 9.90. The molecule has 5 nitrogen and oxygen atoms in total. The molecular formula is C23H16N2O3. The number of nitrogens with zero attached hydrogens (tertiary/aromatic N) is 2. The van der Waals surface area contributed by atoms with Gasteiger partial charge in [-0.1, -0.05) is 48.5 Å². The van der Waals surface area contributed by atoms with Gasteiger partial charge >= 0.3 is 0 Å². The van der Waals surface area contributed by atoms with Crippen LogP contribution in [0.25, 0.3) is 21.5 Å². The molecule has 0 aromatic heterocycles. The Balaban J connectivity index is 1.96. The maximum atomic E-state index is 13.4. The third-order valence-electron chi connectivity index (χ3n) is 5.25. The van der Waals surface area contributed by atoms with Gasteiger partial charge in [0.05, 0.1) is 0 Å². The van der Waals surface area contributed by atoms with Crippen LogP contribution in [0.4, 0.5) is 11.4 Å². The Morgan fingerprint density at radius 2 is 1.07 bits per heavy atom. The molecule has 4 aromatic carbocycles. The van der Waals surface area contributed by atoms with Gasteiger partial charge in [0.25, 0.3) is 0 Å². The molecule has 0 unspecified atom stereocenters. The molecule has 0 saturated heterocycles. The number of aryl methyl sites for hydroxylation is 2. The van der Waals surface area contributed by atoms with Crippen molar-refractivity contribution in [1.29, 1.82) is 0 Å². The minimum Gasteiger partial charge on any atom is -0.289 e. The Labute approximate surface area is 160 Å². The molecule has 0 fully saturated rings. The highest BCUT2D eigenvalue weighted by Crippen LogP contribution is 2.34. The zero-order chi connectivity index (χ0) is 19.8. The van der Waals surface area contributed by atoms with Crippen LogP contribution in [0.5, 0.6) is 0 Å². The zero-order valence-corrected chi connectivity index (χ0v) is 15.4. The smallest absolute Gasteiger partial charge is 0.193 e. The molecule has 0 aliphatic heterocycles. The molecule has 0 spiro atoms. The van der Waals surface area contributed by atoms with Gasteiger partial charge in [0.15, 0.2) is 5.78 Å². The average Bonchev–Trinajstić information content (AvgIpc) is 2.73. The number of rotatable bonds is 4. The van der Waals surface area contributed by atoms with Crippen molar-refractivity contribution in [1.82, 2.24) is 0 Å². The SMILES string of the molecule is Cc1c(C(=O)c2ccc3cccc(N=O)c3c2C)ccc2cccc(N=O)c12. The first-order chi connectivity index (χ1) is 13.6. The van der Waals surface area contributed by atoms with Crippen LogP contribution >= 0.6 is 0 Å². The lowest BCUT2D eigenvalue weighted by Gasteiger charge is -2.13. The number of fused-ring (bicyclic) bond motifs is 2. The van der Waals surface area contributed by atoms with Gasteiger partial charge in [0, 0.05) is 21.9 Å². The molecule has 0 atom stereocenters. The van der Waals surface area contributed by atoms with Crippen LogP contribution in [-0.2, 0) is 0 Å². The highest BCUT2D eigenvalue weighted by atomic mass is 16.3. The molecule has 4 rings (SSSR count). The van der Waals surface area contributed by atoms with E-state index in [0.717, 1.165) is 10.8 Å². The predicted molar refractivity (Wildman–Crippen MR) is 112 cm³/mol. The molecule has 136 valence electrons. The Kier molecular flexibility index (Phi) is 4.28. The number of benzene rings is 4. The van der Waals surface area contributed by atoms with Gasteiger partial charge in [-0.25, -0.2) is 0 Å². The third-order valence-corrected chi connectivity index (χ3v) is 5.25. The van der Waals surface area contributed by atoms with Crippen LogP contribution in [0.3, 0.4) is 0 Å². The van der Waals surface area contributed by atoms with E-state index in [1.165, 1.54) is 0 Å². The molecule has 0 heterocycles. The maximum absolute atomic E-state index is 13.4. The monoisotopic (exact) mass is 368 g/mol. The molecule has 0 aliphatic rings. The molecular weight excluding hydrogens is 352 g/mol. The summed E-state index contributed by atoms with van der Waals surface area (Å²) in [5.41, 5.74) is 3.04. The van der Waals surface area contributed by atoms with E-state index >= 15 is 0 Å². The number of carbonyl (C=O) groups excluding carboxylic acids is 1. The standard InChI is InChI=1S/C23H16N2O3/c1-13-17(11-9-15-5-3-7-19(24-27)21(13)15)23(26)18-12-10-16-6-4-8-20(25-28)22(16)14(18)2/h3-12H,1-2H3. The van der Waals surface area contributed by atoms with E-state index in [1.807, 2.05) is 38.1 Å². The van der Waals surface area contributed by atoms with E-state index in [4.69, 9.17) is 0 Å². The molecule has 28 heavy (non-hydrogen) atoms. The normalized spacial score (nSPS) is 10.9. The largest absolute Gasteiger partial charge is 0.289 e. The van der Waals surface area contributed by atoms with Crippen molar-refractivity contribution in [3.8, 4) is 0 Å². The first kappa shape index (κ1) is 17.7. The summed E-state index contributed by atoms with van der Waals surface area (Å²) in [5, 5.41) is 9.28. The van der Waals surface area contributed by atoms with Gasteiger partial charge < -0.3 is 0 Å². The summed E-state index contributed by atoms with van der Waals surface area (Å²) in [6, 6.07) is 17.7. The molecule has 0 N–H and O–H groups in total. The van der Waals surface area contributed by atoms with Crippen LogP contribution in [0, 0.1) is 23.7 Å². The summed E-state index contributed by atoms with van der Waals surface area (Å²) in [4.78, 5) is 35.8. The van der Waals surface area contributed by atoms with E-state index in [9.17, 15) is 14.6 Å². The summed E-state index contributed by atoms with van der Waals surface area (Å²) in [6.45, 7) is 3.64. The van der Waals surface area contributed by atoms with Gasteiger partial charge in [0.1, 0.15) is 11.4 Å². The van der Waals surface area contributed by atoms with E-state index in [1.54, 1.807) is 36.4 Å². The lowest BCUT2D eigenvalue weighted by Crippen LogP contribution is -2.06. The van der Waals surface area contributed by atoms with Crippen LogP contribution in [0.1, 0.15) is 27.0 Å². The van der Waals surface area contributed by atoms with Crippen LogP contribution in [0.2, 0.25) is 0 Å². The van der Waals surface area contributed by atoms with E-state index in [2.05, 4.69) is 10.4 Å². The number of hydrogen-bond donors (Lipinski definition) is 0. The van der Waals surface area contributed by atoms with Crippen LogP contribution < -0.4 is 0 Å². The van der Waals surface area contributed by atoms with Crippen LogP contribution in [-0.4, -0.2) is 5.78 Å². The minimum atomic E-state index is -0.166. The molecule has 0 aliphatic carbocycles. The summed E-state index contributed by atoms with van der Waals surface area (Å²) < 4.78 is 0. The Hall–Kier alpha value is -3.73. The molecule has 0 amide bonds. The fourth-order valence-corrected chi connectivity index (χ4v) is 3.86. The first-order valence-electron chi connectivity index (χ1n) is 8.83. The molecule has 0 radical (unpaired) electrons. The van der Waals surface area contributed by atoms with Gasteiger partial charge in [-0.2, -0.15) is 0 Å². The van der Waals surface area contributed by atoms with Gasteiger partial charge in [-0.05, 0) is 58.2 Å². The van der Waals surface area contributed by atoms with Crippen molar-refractivity contribution < 1.29 is 4.79 Å². The first-order valence-corrected chi connectivity index (χ1v) is 8.83. The fourth-order valence-electron chi connectivity index (χ4n) is 3.86. The second kappa shape index (κ2) is 6.78. The Bertz CT molecular complexity index is 1190. The lowest BCUT2D eigenvalue weighted by molar-refractivity contribution is 0.103. The summed E-state index contributed by atoms with van der Waals surface area (Å²) >= 11 is 0. The van der Waals surface area contributed by atoms with E-state index < -0.39 is 0 Å². The van der Waals surface area contributed by atoms with E-state index in [0.29, 0.717) is 44.4 Å². The highest BCUT2D eigenvalue weighted by Gasteiger charge is 2.19. The van der Waals surface area contributed by atoms with Crippen molar-refractivity contribution in [2.24, 2.45) is 10.4 Å². The quantitative estimate of drug-likeness (QED) is 0.299. The number of ketones is 1. The number of carbonyl (C=O) groups is 1. The van der Waals surface area contributed by atoms with Gasteiger partial charge in [-0.3, -0.25) is 4.79 Å². The van der Waals surface area contributed by atoms with Crippen molar-refractivity contribution in [2.75, 3.05) is 0 Å². The Morgan fingerprint density at radius 3 is 1.46 bits per heavy atom. The molecule has 4 aromatic rings. The number of nitroso groups, excluding NO2 is 2. The van der Waals surface area contributed by atoms with Crippen molar-refractivity contribution in [3.63, 3.8) is 0 Å². The van der Waals surface area contributed by atoms with Crippen molar-refractivity contribution in [3.05, 3.63) is 92.7 Å². The average molecular weight is 368 g/mol. The number of hydrogen-bond acceptors (Lipinski definition) is 5. The second-order valence-corrected chi connectivity index (χ2v) is 6.74. The summed E-state index contributed by atoms with van der Waals surface area (Å²) in [5.74, 6) is -0.166. The summed E-state index contributed by atoms with van der Waals surface area (Å²) in [7, 11) is 0. The molecule has 0 bridgehead atoms. The van der Waals surface area contributed by atoms with Crippen molar-refractivity contribution in [2.45, 2.75) is 13.8 Å². The fraction of sp³-hybridized carbons (Fsp3) is 0.0870. The highest BCUT2D eigenvalue weighted by molar-refractivity contribution is 6.16. The second-order valence-electron chi connectivity index (χ2n) is 6.74. The topological polar surface area (TPSA) is 75.9 Å². The molecule has 5 heteroatoms. The zero-order valence-electron chi connectivity index (χ0n) is 15.4. The maximum Gasteiger partial charge on any atom is 0.193 e. The Morgan fingerprint density at radius 1 is 0.643 bits per heavy atom. The van der Waals surface area contributed by atoms with Gasteiger partial charge in [-0.15, -0.1) is 9.81 Å². The van der Waals surface area contributed by atoms with Gasteiger partial charge in [0.2, 0.25) is 0 Å². The predicted octanol–water partition coefficient (Wildman–Crippen LogP) is 6.64. The van der Waals surface area contributed by atoms with Crippen molar-refractivity contribution >= 4 is 38.7 Å². The van der Waals surface area contributed by atoms with E-state index in [-0.39, 0.29) is 5.78 Å². The minimum absolute atomic E-state index is 0.166. The molecule has 0 saturated carbocycles. The third kappa shape index (κ3) is 2.60. The van der Waals surface area contributed by atoms with Crippen LogP contribution in [0.15, 0.2) is 71.0 Å². The summed E-state index contributed by atoms with van der Waals surface area (Å²) in [6.07, 6.45) is 0.